The highest BCUT2D eigenvalue weighted by atomic mass is 16.6. The van der Waals surface area contributed by atoms with Gasteiger partial charge in [0.05, 0.1) is 32.0 Å². The Morgan fingerprint density at radius 2 is 1.83 bits per heavy atom. The van der Waals surface area contributed by atoms with E-state index in [9.17, 15) is 4.79 Å². The summed E-state index contributed by atoms with van der Waals surface area (Å²) < 4.78 is 22.0. The maximum Gasteiger partial charge on any atom is 0.373 e. The number of nitrogens with zero attached hydrogens (tertiary/aromatic N) is 1. The summed E-state index contributed by atoms with van der Waals surface area (Å²) in [5.41, 5.74) is 1.95. The minimum atomic E-state index is -0.458. The second-order valence-electron chi connectivity index (χ2n) is 6.38. The van der Waals surface area contributed by atoms with Gasteiger partial charge in [0.15, 0.2) is 0 Å². The molecule has 0 radical (unpaired) electrons. The van der Waals surface area contributed by atoms with Gasteiger partial charge in [-0.25, -0.2) is 4.79 Å². The first-order valence-corrected chi connectivity index (χ1v) is 9.92. The Labute approximate surface area is 171 Å². The second-order valence-corrected chi connectivity index (χ2v) is 6.38. The molecule has 1 heterocycles. The van der Waals surface area contributed by atoms with Gasteiger partial charge in [-0.2, -0.15) is 0 Å². The van der Waals surface area contributed by atoms with E-state index in [1.165, 1.54) is 0 Å². The van der Waals surface area contributed by atoms with Crippen LogP contribution in [0.5, 0.6) is 11.5 Å². The van der Waals surface area contributed by atoms with Crippen molar-refractivity contribution in [3.8, 4) is 11.5 Å². The molecule has 6 heteroatoms. The Bertz CT molecular complexity index is 831. The van der Waals surface area contributed by atoms with Crippen LogP contribution in [0.3, 0.4) is 0 Å². The highest BCUT2D eigenvalue weighted by molar-refractivity contribution is 5.91. The van der Waals surface area contributed by atoms with Crippen molar-refractivity contribution in [2.45, 2.75) is 13.8 Å². The van der Waals surface area contributed by atoms with Crippen LogP contribution in [0.25, 0.3) is 6.08 Å². The molecule has 0 spiro atoms. The Morgan fingerprint density at radius 3 is 2.59 bits per heavy atom. The van der Waals surface area contributed by atoms with E-state index < -0.39 is 5.97 Å². The molecule has 29 heavy (non-hydrogen) atoms. The normalized spacial score (nSPS) is 13.3. The lowest BCUT2D eigenvalue weighted by Crippen LogP contribution is -2.35. The molecular formula is C23H27NO5. The third-order valence-electron chi connectivity index (χ3n) is 4.41. The fourth-order valence-corrected chi connectivity index (χ4v) is 3.06. The number of ether oxygens (including phenoxy) is 4. The summed E-state index contributed by atoms with van der Waals surface area (Å²) in [6.07, 6.45) is 1.68. The van der Waals surface area contributed by atoms with E-state index >= 15 is 0 Å². The van der Waals surface area contributed by atoms with E-state index in [0.29, 0.717) is 26.4 Å². The predicted molar refractivity (Wildman–Crippen MR) is 112 cm³/mol. The molecule has 0 N–H and O–H groups in total. The summed E-state index contributed by atoms with van der Waals surface area (Å²) in [6.45, 7) is 7.18. The molecule has 0 saturated carbocycles. The first-order valence-electron chi connectivity index (χ1n) is 9.92. The fraction of sp³-hybridized carbons (Fsp3) is 0.348. The van der Waals surface area contributed by atoms with Gasteiger partial charge in [0.25, 0.3) is 0 Å². The molecule has 6 nitrogen and oxygen atoms in total. The topological polar surface area (TPSA) is 57.2 Å². The van der Waals surface area contributed by atoms with Crippen molar-refractivity contribution in [1.82, 2.24) is 0 Å². The Hall–Kier alpha value is -3.15. The van der Waals surface area contributed by atoms with Crippen LogP contribution in [-0.2, 0) is 14.3 Å². The monoisotopic (exact) mass is 397 g/mol. The summed E-state index contributed by atoms with van der Waals surface area (Å²) in [7, 11) is 0. The molecule has 0 fully saturated rings. The smallest absolute Gasteiger partial charge is 0.373 e. The van der Waals surface area contributed by atoms with Crippen LogP contribution in [0.2, 0.25) is 0 Å². The molecule has 0 bridgehead atoms. The van der Waals surface area contributed by atoms with Gasteiger partial charge in [-0.15, -0.1) is 0 Å². The zero-order valence-electron chi connectivity index (χ0n) is 16.9. The first kappa shape index (κ1) is 20.6. The van der Waals surface area contributed by atoms with Crippen molar-refractivity contribution >= 4 is 17.7 Å². The number of para-hydroxylation sites is 2. The van der Waals surface area contributed by atoms with E-state index in [1.54, 1.807) is 13.0 Å². The van der Waals surface area contributed by atoms with Crippen molar-refractivity contribution in [2.75, 3.05) is 44.4 Å². The van der Waals surface area contributed by atoms with Crippen LogP contribution in [0.15, 0.2) is 54.3 Å². The molecule has 2 aromatic rings. The van der Waals surface area contributed by atoms with Crippen molar-refractivity contribution in [2.24, 2.45) is 0 Å². The summed E-state index contributed by atoms with van der Waals surface area (Å²) in [4.78, 5) is 14.2. The molecule has 0 unspecified atom stereocenters. The number of esters is 1. The van der Waals surface area contributed by atoms with Gasteiger partial charge in [-0.1, -0.05) is 24.3 Å². The van der Waals surface area contributed by atoms with E-state index in [2.05, 4.69) is 11.0 Å². The number of carbonyl (C=O) groups excluding carboxylic acids is 1. The van der Waals surface area contributed by atoms with E-state index in [0.717, 1.165) is 35.8 Å². The number of rotatable bonds is 9. The maximum absolute atomic E-state index is 11.9. The molecule has 0 atom stereocenters. The van der Waals surface area contributed by atoms with Crippen molar-refractivity contribution in [3.05, 3.63) is 59.9 Å². The number of carbonyl (C=O) groups is 1. The average molecular weight is 397 g/mol. The van der Waals surface area contributed by atoms with Crippen LogP contribution >= 0.6 is 0 Å². The lowest BCUT2D eigenvalue weighted by Gasteiger charge is -2.31. The largest absolute Gasteiger partial charge is 0.492 e. The molecule has 0 amide bonds. The van der Waals surface area contributed by atoms with Crippen LogP contribution < -0.4 is 14.4 Å². The van der Waals surface area contributed by atoms with E-state index in [1.807, 2.05) is 49.4 Å². The molecule has 1 aliphatic rings. The van der Waals surface area contributed by atoms with Crippen LogP contribution in [-0.4, -0.2) is 45.5 Å². The summed E-state index contributed by atoms with van der Waals surface area (Å²) in [5.74, 6) is 1.44. The SMILES string of the molecule is CCOC(=O)/C(=C\c1ccc(OCCN2CCOc3ccccc32)cc1)OCC. The number of benzene rings is 2. The van der Waals surface area contributed by atoms with Gasteiger partial charge >= 0.3 is 5.97 Å². The van der Waals surface area contributed by atoms with Gasteiger partial charge in [0.1, 0.15) is 24.7 Å². The fourth-order valence-electron chi connectivity index (χ4n) is 3.06. The summed E-state index contributed by atoms with van der Waals surface area (Å²) in [5, 5.41) is 0. The molecule has 0 aliphatic carbocycles. The van der Waals surface area contributed by atoms with Crippen molar-refractivity contribution in [1.29, 1.82) is 0 Å². The summed E-state index contributed by atoms with van der Waals surface area (Å²) >= 11 is 0. The summed E-state index contributed by atoms with van der Waals surface area (Å²) in [6, 6.07) is 15.6. The zero-order valence-corrected chi connectivity index (χ0v) is 16.9. The molecule has 154 valence electrons. The van der Waals surface area contributed by atoms with E-state index in [-0.39, 0.29) is 5.76 Å². The molecule has 0 saturated heterocycles. The molecule has 2 aromatic carbocycles. The van der Waals surface area contributed by atoms with Gasteiger partial charge < -0.3 is 23.8 Å². The maximum atomic E-state index is 11.9. The predicted octanol–water partition coefficient (Wildman–Crippen LogP) is 3.90. The van der Waals surface area contributed by atoms with E-state index in [4.69, 9.17) is 18.9 Å². The van der Waals surface area contributed by atoms with Crippen LogP contribution in [0.4, 0.5) is 5.69 Å². The Kier molecular flexibility index (Phi) is 7.39. The average Bonchev–Trinajstić information content (AvgIpc) is 2.75. The number of fused-ring (bicyclic) bond motifs is 1. The molecule has 3 rings (SSSR count). The number of anilines is 1. The minimum absolute atomic E-state index is 0.203. The van der Waals surface area contributed by atoms with Crippen LogP contribution in [0.1, 0.15) is 19.4 Å². The minimum Gasteiger partial charge on any atom is -0.492 e. The first-order chi connectivity index (χ1) is 14.2. The highest BCUT2D eigenvalue weighted by Gasteiger charge is 2.17. The number of hydrogen-bond acceptors (Lipinski definition) is 6. The van der Waals surface area contributed by atoms with Gasteiger partial charge in [0, 0.05) is 0 Å². The second kappa shape index (κ2) is 10.4. The molecule has 0 aromatic heterocycles. The lowest BCUT2D eigenvalue weighted by atomic mass is 10.2. The third-order valence-corrected chi connectivity index (χ3v) is 4.41. The van der Waals surface area contributed by atoms with Crippen LogP contribution in [0, 0.1) is 0 Å². The number of hydrogen-bond donors (Lipinski definition) is 0. The van der Waals surface area contributed by atoms with Crippen molar-refractivity contribution < 1.29 is 23.7 Å². The lowest BCUT2D eigenvalue weighted by molar-refractivity contribution is -0.142. The third kappa shape index (κ3) is 5.67. The quantitative estimate of drug-likeness (QED) is 0.363. The van der Waals surface area contributed by atoms with Gasteiger partial charge in [0.2, 0.25) is 5.76 Å². The van der Waals surface area contributed by atoms with Gasteiger partial charge in [-0.3, -0.25) is 0 Å². The molecular weight excluding hydrogens is 370 g/mol. The highest BCUT2D eigenvalue weighted by Crippen LogP contribution is 2.30. The zero-order chi connectivity index (χ0) is 20.5. The molecule has 1 aliphatic heterocycles. The van der Waals surface area contributed by atoms with Gasteiger partial charge in [-0.05, 0) is 49.8 Å². The standard InChI is InChI=1S/C23H27NO5/c1-3-26-22(23(25)27-4-2)17-18-9-11-19(12-10-18)28-15-13-24-14-16-29-21-8-6-5-7-20(21)24/h5-12,17H,3-4,13-16H2,1-2H3/b22-17+. The Morgan fingerprint density at radius 1 is 1.07 bits per heavy atom. The Balaban J connectivity index is 1.56. The van der Waals surface area contributed by atoms with Crippen molar-refractivity contribution in [3.63, 3.8) is 0 Å².